The molecule has 0 aliphatic heterocycles. The van der Waals surface area contributed by atoms with Crippen LogP contribution in [0.3, 0.4) is 0 Å². The Morgan fingerprint density at radius 1 is 1.11 bits per heavy atom. The first kappa shape index (κ1) is 12.1. The van der Waals surface area contributed by atoms with Crippen LogP contribution in [-0.4, -0.2) is 17.9 Å². The van der Waals surface area contributed by atoms with Crippen LogP contribution < -0.4 is 4.74 Å². The molecule has 0 saturated heterocycles. The topological polar surface area (TPSA) is 46.5 Å². The summed E-state index contributed by atoms with van der Waals surface area (Å²) in [5.74, 6) is -0.520. The Balaban J connectivity index is 2.30. The molecule has 3 nitrogen and oxygen atoms in total. The van der Waals surface area contributed by atoms with E-state index in [4.69, 9.17) is 9.84 Å². The lowest BCUT2D eigenvalue weighted by Crippen LogP contribution is -1.95. The first-order valence-electron chi connectivity index (χ1n) is 5.33. The van der Waals surface area contributed by atoms with E-state index >= 15 is 0 Å². The van der Waals surface area contributed by atoms with Gasteiger partial charge in [0.1, 0.15) is 5.75 Å². The van der Waals surface area contributed by atoms with Gasteiger partial charge in [-0.2, -0.15) is 0 Å². The second-order valence-electron chi connectivity index (χ2n) is 3.66. The predicted octanol–water partition coefficient (Wildman–Crippen LogP) is 3.36. The molecule has 0 heterocycles. The molecule has 0 aliphatic carbocycles. The van der Waals surface area contributed by atoms with E-state index in [1.807, 2.05) is 6.07 Å². The molecule has 1 N–H and O–H groups in total. The summed E-state index contributed by atoms with van der Waals surface area (Å²) >= 11 is 0. The van der Waals surface area contributed by atoms with Crippen molar-refractivity contribution >= 4 is 5.97 Å². The largest absolute Gasteiger partial charge is 0.478 e. The van der Waals surface area contributed by atoms with Gasteiger partial charge in [0.2, 0.25) is 6.86 Å². The maximum Gasteiger partial charge on any atom is 0.335 e. The first-order valence-corrected chi connectivity index (χ1v) is 5.33. The predicted molar refractivity (Wildman–Crippen MR) is 65.4 cm³/mol. The maximum atomic E-state index is 12.1. The molecule has 0 saturated carbocycles. The van der Waals surface area contributed by atoms with Gasteiger partial charge in [-0.1, -0.05) is 24.3 Å². The highest BCUT2D eigenvalue weighted by molar-refractivity contribution is 5.88. The standard InChI is InChI=1S/C14H11FO3/c15-9-18-13-3-1-2-12(8-13)10-4-6-11(7-5-10)14(16)17/h1-8H,9H2,(H,16,17). The number of alkyl halides is 1. The minimum Gasteiger partial charge on any atom is -0.478 e. The number of carboxylic acids is 1. The van der Waals surface area contributed by atoms with Crippen LogP contribution in [0, 0.1) is 0 Å². The minimum absolute atomic E-state index is 0.231. The molecule has 92 valence electrons. The Bertz CT molecular complexity index is 549. The Hall–Kier alpha value is -2.36. The van der Waals surface area contributed by atoms with E-state index in [1.165, 1.54) is 12.1 Å². The molecule has 0 spiro atoms. The third-order valence-corrected chi connectivity index (χ3v) is 2.52. The monoisotopic (exact) mass is 246 g/mol. The molecule has 0 amide bonds. The number of carbonyl (C=O) groups is 1. The van der Waals surface area contributed by atoms with Crippen molar-refractivity contribution in [1.29, 1.82) is 0 Å². The number of halogens is 1. The number of aromatic carboxylic acids is 1. The summed E-state index contributed by atoms with van der Waals surface area (Å²) in [6.45, 7) is -0.874. The molecule has 0 unspecified atom stereocenters. The van der Waals surface area contributed by atoms with Gasteiger partial charge in [0, 0.05) is 0 Å². The Kier molecular flexibility index (Phi) is 3.57. The molecule has 2 aromatic rings. The van der Waals surface area contributed by atoms with Crippen molar-refractivity contribution in [2.45, 2.75) is 0 Å². The second kappa shape index (κ2) is 5.31. The van der Waals surface area contributed by atoms with E-state index in [0.717, 1.165) is 11.1 Å². The molecule has 0 bridgehead atoms. The van der Waals surface area contributed by atoms with E-state index in [0.29, 0.717) is 5.75 Å². The van der Waals surface area contributed by atoms with Crippen molar-refractivity contribution in [3.8, 4) is 16.9 Å². The molecule has 0 aromatic heterocycles. The van der Waals surface area contributed by atoms with Gasteiger partial charge in [-0.3, -0.25) is 0 Å². The lowest BCUT2D eigenvalue weighted by Gasteiger charge is -2.05. The highest BCUT2D eigenvalue weighted by atomic mass is 19.1. The van der Waals surface area contributed by atoms with E-state index < -0.39 is 12.8 Å². The first-order chi connectivity index (χ1) is 8.70. The molecule has 0 aliphatic rings. The third-order valence-electron chi connectivity index (χ3n) is 2.52. The van der Waals surface area contributed by atoms with Crippen molar-refractivity contribution in [3.63, 3.8) is 0 Å². The zero-order chi connectivity index (χ0) is 13.0. The van der Waals surface area contributed by atoms with Gasteiger partial charge >= 0.3 is 5.97 Å². The maximum absolute atomic E-state index is 12.1. The van der Waals surface area contributed by atoms with Crippen LogP contribution in [0.4, 0.5) is 4.39 Å². The number of rotatable bonds is 4. The van der Waals surface area contributed by atoms with Crippen LogP contribution in [0.2, 0.25) is 0 Å². The average molecular weight is 246 g/mol. The summed E-state index contributed by atoms with van der Waals surface area (Å²) in [6, 6.07) is 13.4. The molecule has 18 heavy (non-hydrogen) atoms. The van der Waals surface area contributed by atoms with Crippen molar-refractivity contribution < 1.29 is 19.0 Å². The Labute approximate surface area is 103 Å². The Morgan fingerprint density at radius 2 is 1.83 bits per heavy atom. The highest BCUT2D eigenvalue weighted by Crippen LogP contribution is 2.24. The van der Waals surface area contributed by atoms with Gasteiger partial charge < -0.3 is 9.84 Å². The van der Waals surface area contributed by atoms with E-state index in [-0.39, 0.29) is 5.56 Å². The van der Waals surface area contributed by atoms with Crippen LogP contribution in [0.15, 0.2) is 48.5 Å². The normalized spacial score (nSPS) is 10.1. The van der Waals surface area contributed by atoms with Crippen molar-refractivity contribution in [1.82, 2.24) is 0 Å². The van der Waals surface area contributed by atoms with Gasteiger partial charge in [0.25, 0.3) is 0 Å². The summed E-state index contributed by atoms with van der Waals surface area (Å²) in [5.41, 5.74) is 1.93. The van der Waals surface area contributed by atoms with E-state index in [2.05, 4.69) is 0 Å². The molecule has 0 fully saturated rings. The molecule has 0 atom stereocenters. The summed E-state index contributed by atoms with van der Waals surface area (Å²) in [7, 11) is 0. The zero-order valence-electron chi connectivity index (χ0n) is 9.47. The lowest BCUT2D eigenvalue weighted by molar-refractivity contribution is 0.0697. The molecule has 2 rings (SSSR count). The summed E-state index contributed by atoms with van der Waals surface area (Å²) < 4.78 is 16.8. The number of benzene rings is 2. The Morgan fingerprint density at radius 3 is 2.44 bits per heavy atom. The van der Waals surface area contributed by atoms with Crippen molar-refractivity contribution in [3.05, 3.63) is 54.1 Å². The van der Waals surface area contributed by atoms with Crippen LogP contribution in [-0.2, 0) is 0 Å². The average Bonchev–Trinajstić information content (AvgIpc) is 2.39. The van der Waals surface area contributed by atoms with Crippen molar-refractivity contribution in [2.24, 2.45) is 0 Å². The van der Waals surface area contributed by atoms with Gasteiger partial charge in [0.05, 0.1) is 5.56 Å². The number of carboxylic acid groups (broad SMARTS) is 1. The fraction of sp³-hybridized carbons (Fsp3) is 0.0714. The summed E-state index contributed by atoms with van der Waals surface area (Å²) in [5, 5.41) is 8.80. The number of ether oxygens (including phenoxy) is 1. The molecule has 0 radical (unpaired) electrons. The highest BCUT2D eigenvalue weighted by Gasteiger charge is 2.04. The van der Waals surface area contributed by atoms with E-state index in [1.54, 1.807) is 30.3 Å². The van der Waals surface area contributed by atoms with Gasteiger partial charge in [-0.15, -0.1) is 0 Å². The van der Waals surface area contributed by atoms with Gasteiger partial charge in [-0.25, -0.2) is 9.18 Å². The van der Waals surface area contributed by atoms with Gasteiger partial charge in [-0.05, 0) is 35.4 Å². The van der Waals surface area contributed by atoms with Crippen molar-refractivity contribution in [2.75, 3.05) is 6.86 Å². The zero-order valence-corrected chi connectivity index (χ0v) is 9.47. The van der Waals surface area contributed by atoms with Crippen LogP contribution in [0.5, 0.6) is 5.75 Å². The molecular weight excluding hydrogens is 235 g/mol. The van der Waals surface area contributed by atoms with Crippen LogP contribution >= 0.6 is 0 Å². The fourth-order valence-corrected chi connectivity index (χ4v) is 1.63. The van der Waals surface area contributed by atoms with E-state index in [9.17, 15) is 9.18 Å². The third kappa shape index (κ3) is 2.66. The molecular formula is C14H11FO3. The quantitative estimate of drug-likeness (QED) is 0.899. The van der Waals surface area contributed by atoms with Crippen LogP contribution in [0.25, 0.3) is 11.1 Å². The molecule has 4 heteroatoms. The summed E-state index contributed by atoms with van der Waals surface area (Å²) in [4.78, 5) is 10.7. The fourth-order valence-electron chi connectivity index (χ4n) is 1.63. The number of hydrogen-bond acceptors (Lipinski definition) is 2. The molecule has 2 aromatic carbocycles. The minimum atomic E-state index is -0.962. The van der Waals surface area contributed by atoms with Gasteiger partial charge in [0.15, 0.2) is 0 Å². The second-order valence-corrected chi connectivity index (χ2v) is 3.66. The van der Waals surface area contributed by atoms with Crippen LogP contribution in [0.1, 0.15) is 10.4 Å². The number of hydrogen-bond donors (Lipinski definition) is 1. The SMILES string of the molecule is O=C(O)c1ccc(-c2cccc(OCF)c2)cc1. The lowest BCUT2D eigenvalue weighted by atomic mass is 10.0. The smallest absolute Gasteiger partial charge is 0.335 e. The summed E-state index contributed by atoms with van der Waals surface area (Å²) in [6.07, 6.45) is 0.